The van der Waals surface area contributed by atoms with E-state index in [1.807, 2.05) is 6.92 Å². The van der Waals surface area contributed by atoms with Gasteiger partial charge < -0.3 is 20.1 Å². The van der Waals surface area contributed by atoms with E-state index in [0.29, 0.717) is 12.3 Å². The van der Waals surface area contributed by atoms with Crippen LogP contribution in [0.3, 0.4) is 0 Å². The Morgan fingerprint density at radius 3 is 2.67 bits per heavy atom. The molecule has 0 bridgehead atoms. The number of ether oxygens (including phenoxy) is 2. The van der Waals surface area contributed by atoms with Crippen molar-refractivity contribution in [2.75, 3.05) is 46.4 Å². The summed E-state index contributed by atoms with van der Waals surface area (Å²) in [5, 5.41) is 6.63. The number of benzene rings is 1. The van der Waals surface area contributed by atoms with Crippen LogP contribution in [-0.2, 0) is 4.74 Å². The second-order valence-electron chi connectivity index (χ2n) is 7.10. The molecule has 2 N–H and O–H groups in total. The minimum atomic E-state index is -0.300. The van der Waals surface area contributed by atoms with Gasteiger partial charge in [0.15, 0.2) is 5.96 Å². The first-order valence-corrected chi connectivity index (χ1v) is 9.10. The van der Waals surface area contributed by atoms with Crippen molar-refractivity contribution in [3.05, 3.63) is 30.1 Å². The largest absolute Gasteiger partial charge is 0.489 e. The average Bonchev–Trinajstić information content (AvgIpc) is 2.62. The van der Waals surface area contributed by atoms with Crippen LogP contribution in [-0.4, -0.2) is 68.9 Å². The van der Waals surface area contributed by atoms with E-state index in [4.69, 9.17) is 9.47 Å². The lowest BCUT2D eigenvalue weighted by atomic mass is 10.0. The zero-order chi connectivity index (χ0) is 19.0. The molecule has 154 valence electrons. The van der Waals surface area contributed by atoms with Gasteiger partial charge in [-0.15, -0.1) is 24.0 Å². The van der Waals surface area contributed by atoms with Crippen molar-refractivity contribution in [2.24, 2.45) is 4.99 Å². The summed E-state index contributed by atoms with van der Waals surface area (Å²) in [4.78, 5) is 6.69. The molecule has 1 atom stereocenters. The molecule has 0 spiro atoms. The highest BCUT2D eigenvalue weighted by Gasteiger charge is 2.28. The summed E-state index contributed by atoms with van der Waals surface area (Å²) in [6.45, 7) is 11.2. The number of morpholine rings is 1. The van der Waals surface area contributed by atoms with Gasteiger partial charge in [-0.2, -0.15) is 0 Å². The topological polar surface area (TPSA) is 58.1 Å². The molecule has 1 aromatic carbocycles. The van der Waals surface area contributed by atoms with Crippen LogP contribution in [0.25, 0.3) is 0 Å². The molecule has 1 saturated heterocycles. The summed E-state index contributed by atoms with van der Waals surface area (Å²) in [7, 11) is 1.75. The van der Waals surface area contributed by atoms with Crippen LogP contribution in [0.5, 0.6) is 5.75 Å². The van der Waals surface area contributed by atoms with Crippen molar-refractivity contribution in [3.8, 4) is 5.75 Å². The SMILES string of the molecule is CN=C(NCC(C)Oc1cccc(F)c1)NCC(C)(C)N1CCOCC1.I. The average molecular weight is 494 g/mol. The third-order valence-electron chi connectivity index (χ3n) is 4.47. The summed E-state index contributed by atoms with van der Waals surface area (Å²) < 4.78 is 24.4. The van der Waals surface area contributed by atoms with Crippen LogP contribution >= 0.6 is 24.0 Å². The molecule has 0 radical (unpaired) electrons. The zero-order valence-corrected chi connectivity index (χ0v) is 19.0. The molecule has 1 aliphatic rings. The number of nitrogens with one attached hydrogen (secondary N) is 2. The second-order valence-corrected chi connectivity index (χ2v) is 7.10. The van der Waals surface area contributed by atoms with Gasteiger partial charge in [0, 0.05) is 38.3 Å². The lowest BCUT2D eigenvalue weighted by Gasteiger charge is -2.41. The highest BCUT2D eigenvalue weighted by Crippen LogP contribution is 2.15. The summed E-state index contributed by atoms with van der Waals surface area (Å²) in [6.07, 6.45) is -0.123. The molecule has 0 aromatic heterocycles. The third kappa shape index (κ3) is 8.18. The maximum absolute atomic E-state index is 13.2. The zero-order valence-electron chi connectivity index (χ0n) is 16.6. The van der Waals surface area contributed by atoms with E-state index in [0.717, 1.165) is 38.8 Å². The molecular weight excluding hydrogens is 462 g/mol. The van der Waals surface area contributed by atoms with Crippen molar-refractivity contribution in [1.82, 2.24) is 15.5 Å². The molecule has 1 fully saturated rings. The van der Waals surface area contributed by atoms with Gasteiger partial charge in [0.25, 0.3) is 0 Å². The predicted octanol–water partition coefficient (Wildman–Crippen LogP) is 2.49. The number of aliphatic imine (C=N–C) groups is 1. The monoisotopic (exact) mass is 494 g/mol. The Morgan fingerprint density at radius 2 is 2.04 bits per heavy atom. The van der Waals surface area contributed by atoms with Gasteiger partial charge in [-0.05, 0) is 32.9 Å². The van der Waals surface area contributed by atoms with Gasteiger partial charge >= 0.3 is 0 Å². The van der Waals surface area contributed by atoms with Crippen LogP contribution in [0.15, 0.2) is 29.3 Å². The summed E-state index contributed by atoms with van der Waals surface area (Å²) in [6, 6.07) is 6.17. The number of hydrogen-bond acceptors (Lipinski definition) is 4. The lowest BCUT2D eigenvalue weighted by molar-refractivity contribution is -0.00834. The molecule has 8 heteroatoms. The van der Waals surface area contributed by atoms with E-state index in [1.165, 1.54) is 12.1 Å². The fourth-order valence-corrected chi connectivity index (χ4v) is 2.86. The van der Waals surface area contributed by atoms with Crippen molar-refractivity contribution >= 4 is 29.9 Å². The van der Waals surface area contributed by atoms with Gasteiger partial charge in [0.05, 0.1) is 19.8 Å². The number of rotatable bonds is 7. The molecule has 1 heterocycles. The Bertz CT molecular complexity index is 595. The fourth-order valence-electron chi connectivity index (χ4n) is 2.86. The number of halogens is 2. The maximum atomic E-state index is 13.2. The van der Waals surface area contributed by atoms with E-state index in [1.54, 1.807) is 19.2 Å². The summed E-state index contributed by atoms with van der Waals surface area (Å²) in [5.41, 5.74) is 0.00504. The van der Waals surface area contributed by atoms with Crippen LogP contribution < -0.4 is 15.4 Å². The first-order valence-electron chi connectivity index (χ1n) is 9.10. The van der Waals surface area contributed by atoms with Crippen LogP contribution in [0.1, 0.15) is 20.8 Å². The predicted molar refractivity (Wildman–Crippen MR) is 118 cm³/mol. The smallest absolute Gasteiger partial charge is 0.191 e. The lowest BCUT2D eigenvalue weighted by Crippen LogP contribution is -2.56. The molecule has 1 aliphatic heterocycles. The summed E-state index contributed by atoms with van der Waals surface area (Å²) >= 11 is 0. The number of guanidine groups is 1. The van der Waals surface area contributed by atoms with Crippen molar-refractivity contribution < 1.29 is 13.9 Å². The Morgan fingerprint density at radius 1 is 1.33 bits per heavy atom. The van der Waals surface area contributed by atoms with Gasteiger partial charge in [0.2, 0.25) is 0 Å². The number of nitrogens with zero attached hydrogens (tertiary/aromatic N) is 2. The first-order chi connectivity index (χ1) is 12.4. The van der Waals surface area contributed by atoms with Gasteiger partial charge in [0.1, 0.15) is 17.7 Å². The molecule has 27 heavy (non-hydrogen) atoms. The maximum Gasteiger partial charge on any atom is 0.191 e. The quantitative estimate of drug-likeness (QED) is 0.347. The highest BCUT2D eigenvalue weighted by atomic mass is 127. The van der Waals surface area contributed by atoms with Crippen LogP contribution in [0.2, 0.25) is 0 Å². The highest BCUT2D eigenvalue weighted by molar-refractivity contribution is 14.0. The van der Waals surface area contributed by atoms with Gasteiger partial charge in [-0.25, -0.2) is 4.39 Å². The van der Waals surface area contributed by atoms with E-state index >= 15 is 0 Å². The van der Waals surface area contributed by atoms with Gasteiger partial charge in [-0.3, -0.25) is 9.89 Å². The van der Waals surface area contributed by atoms with E-state index in [9.17, 15) is 4.39 Å². The van der Waals surface area contributed by atoms with Crippen LogP contribution in [0.4, 0.5) is 4.39 Å². The minimum Gasteiger partial charge on any atom is -0.489 e. The fraction of sp³-hybridized carbons (Fsp3) is 0.632. The minimum absolute atomic E-state index is 0. The molecular formula is C19H32FIN4O2. The molecule has 0 amide bonds. The van der Waals surface area contributed by atoms with Gasteiger partial charge in [-0.1, -0.05) is 6.07 Å². The second kappa shape index (κ2) is 11.7. The normalized spacial score (nSPS) is 17.0. The van der Waals surface area contributed by atoms with E-state index in [-0.39, 0.29) is 41.4 Å². The third-order valence-corrected chi connectivity index (χ3v) is 4.47. The van der Waals surface area contributed by atoms with Crippen molar-refractivity contribution in [2.45, 2.75) is 32.4 Å². The molecule has 1 aromatic rings. The standard InChI is InChI=1S/C19H31FN4O2.HI/c1-15(26-17-7-5-6-16(20)12-17)13-22-18(21-4)23-14-19(2,3)24-8-10-25-11-9-24;/h5-7,12,15H,8-11,13-14H2,1-4H3,(H2,21,22,23);1H. The van der Waals surface area contributed by atoms with Crippen molar-refractivity contribution in [3.63, 3.8) is 0 Å². The van der Waals surface area contributed by atoms with Crippen LogP contribution in [0, 0.1) is 5.82 Å². The molecule has 0 saturated carbocycles. The first kappa shape index (κ1) is 23.9. The molecule has 2 rings (SSSR count). The Hall–Kier alpha value is -1.13. The number of hydrogen-bond donors (Lipinski definition) is 2. The van der Waals surface area contributed by atoms with E-state index in [2.05, 4.69) is 34.4 Å². The Labute approximate surface area is 178 Å². The Kier molecular flexibility index (Phi) is 10.3. The molecule has 0 aliphatic carbocycles. The van der Waals surface area contributed by atoms with Crippen molar-refractivity contribution in [1.29, 1.82) is 0 Å². The molecule has 1 unspecified atom stereocenters. The molecule has 6 nitrogen and oxygen atoms in total. The summed E-state index contributed by atoms with van der Waals surface area (Å²) in [5.74, 6) is 0.946. The van der Waals surface area contributed by atoms with E-state index < -0.39 is 0 Å². The Balaban J connectivity index is 0.00000364.